The predicted octanol–water partition coefficient (Wildman–Crippen LogP) is 16.6. The first kappa shape index (κ1) is 34.6. The van der Waals surface area contributed by atoms with Crippen molar-refractivity contribution in [2.75, 3.05) is 0 Å². The summed E-state index contributed by atoms with van der Waals surface area (Å²) in [6, 6.07) is 81.7. The van der Waals surface area contributed by atoms with Gasteiger partial charge >= 0.3 is 343 Å². The van der Waals surface area contributed by atoms with Gasteiger partial charge in [0.2, 0.25) is 0 Å². The first-order chi connectivity index (χ1) is 30.3. The summed E-state index contributed by atoms with van der Waals surface area (Å²) < 4.78 is 2.92. The maximum atomic E-state index is 2.50. The second-order valence-corrected chi connectivity index (χ2v) is 18.5. The zero-order chi connectivity index (χ0) is 40.0. The van der Waals surface area contributed by atoms with E-state index in [4.69, 9.17) is 0 Å². The van der Waals surface area contributed by atoms with E-state index in [0.29, 0.717) is 0 Å². The fraction of sp³-hybridized carbons (Fsp3) is 0. The zero-order valence-electron chi connectivity index (χ0n) is 33.2. The Bertz CT molecular complexity index is 3830. The second kappa shape index (κ2) is 13.6. The molecule has 1 aromatic heterocycles. The molecule has 0 N–H and O–H groups in total. The van der Waals surface area contributed by atoms with Crippen LogP contribution in [0.4, 0.5) is 0 Å². The Labute approximate surface area is 359 Å². The molecule has 0 spiro atoms. The van der Waals surface area contributed by atoms with Crippen LogP contribution in [0.15, 0.2) is 218 Å². The van der Waals surface area contributed by atoms with Crippen molar-refractivity contribution < 1.29 is 0 Å². The summed E-state index contributed by atoms with van der Waals surface area (Å²) in [5, 5.41) is 18.1. The predicted molar refractivity (Wildman–Crippen MR) is 265 cm³/mol. The van der Waals surface area contributed by atoms with E-state index in [9.17, 15) is 0 Å². The van der Waals surface area contributed by atoms with Crippen molar-refractivity contribution in [1.82, 2.24) is 0 Å². The summed E-state index contributed by atoms with van der Waals surface area (Å²) in [6.45, 7) is 0. The Morgan fingerprint density at radius 2 is 0.590 bits per heavy atom. The van der Waals surface area contributed by atoms with Gasteiger partial charge in [-0.1, -0.05) is 18.2 Å². The molecule has 0 aliphatic heterocycles. The zero-order valence-corrected chi connectivity index (χ0v) is 34.9. The van der Waals surface area contributed by atoms with Crippen molar-refractivity contribution in [3.63, 3.8) is 0 Å². The quantitative estimate of drug-likeness (QED) is 0.122. The van der Waals surface area contributed by atoms with E-state index in [1.54, 1.807) is 0 Å². The van der Waals surface area contributed by atoms with E-state index >= 15 is 0 Å². The smallest absolute Gasteiger partial charge is 0.0544 e. The van der Waals surface area contributed by atoms with Crippen molar-refractivity contribution >= 4 is 98.4 Å². The van der Waals surface area contributed by atoms with Gasteiger partial charge in [-0.25, -0.2) is 0 Å². The second-order valence-electron chi connectivity index (χ2n) is 16.3. The molecule has 0 saturated carbocycles. The fourth-order valence-electron chi connectivity index (χ4n) is 10.3. The Hall–Kier alpha value is -7.28. The van der Waals surface area contributed by atoms with Gasteiger partial charge in [0.15, 0.2) is 0 Å². The fourth-order valence-corrected chi connectivity index (χ4v) is 12.8. The molecule has 1 heterocycles. The SMILES string of the molecule is c1ccc2cc(-c3c4ccccc4c(-c4ccc5[se]c6c(-c7c8ccccc8c(-c8ccc9ccccc9c8)c8ccccc78)cccc6c5c4)c4ccccc34)ccc2c1. The van der Waals surface area contributed by atoms with Crippen molar-refractivity contribution in [2.24, 2.45) is 0 Å². The maximum absolute atomic E-state index is 2.50. The molecular formula is C60H36Se. The average molecular weight is 836 g/mol. The monoisotopic (exact) mass is 836 g/mol. The first-order valence-electron chi connectivity index (χ1n) is 21.1. The molecule has 0 saturated heterocycles. The van der Waals surface area contributed by atoms with E-state index in [1.807, 2.05) is 0 Å². The van der Waals surface area contributed by atoms with Crippen LogP contribution in [0.25, 0.3) is 128 Å². The topological polar surface area (TPSA) is 0 Å². The van der Waals surface area contributed by atoms with Gasteiger partial charge in [-0.05, 0) is 0 Å². The van der Waals surface area contributed by atoms with E-state index in [-0.39, 0.29) is 14.5 Å². The molecule has 12 aromatic carbocycles. The minimum atomic E-state index is 0.142. The molecule has 0 amide bonds. The molecule has 282 valence electrons. The van der Waals surface area contributed by atoms with Crippen molar-refractivity contribution in [3.05, 3.63) is 218 Å². The van der Waals surface area contributed by atoms with Gasteiger partial charge in [0.05, 0.1) is 0 Å². The van der Waals surface area contributed by atoms with Crippen LogP contribution in [0.2, 0.25) is 0 Å². The van der Waals surface area contributed by atoms with Gasteiger partial charge < -0.3 is 0 Å². The van der Waals surface area contributed by atoms with E-state index < -0.39 is 0 Å². The third-order valence-electron chi connectivity index (χ3n) is 13.0. The normalized spacial score (nSPS) is 11.9. The summed E-state index contributed by atoms with van der Waals surface area (Å²) in [5.74, 6) is 0. The van der Waals surface area contributed by atoms with E-state index in [0.717, 1.165) is 0 Å². The summed E-state index contributed by atoms with van der Waals surface area (Å²) in [4.78, 5) is 0. The summed E-state index contributed by atoms with van der Waals surface area (Å²) in [5.41, 5.74) is 10.4. The molecule has 0 unspecified atom stereocenters. The first-order valence-corrected chi connectivity index (χ1v) is 22.8. The van der Waals surface area contributed by atoms with E-state index in [1.165, 1.54) is 128 Å². The summed E-state index contributed by atoms with van der Waals surface area (Å²) in [7, 11) is 0. The van der Waals surface area contributed by atoms with Crippen molar-refractivity contribution in [3.8, 4) is 44.5 Å². The molecule has 1 heteroatoms. The van der Waals surface area contributed by atoms with Gasteiger partial charge in [0.25, 0.3) is 0 Å². The summed E-state index contributed by atoms with van der Waals surface area (Å²) >= 11 is 0.142. The molecular weight excluding hydrogens is 800 g/mol. The molecule has 0 radical (unpaired) electrons. The minimum absolute atomic E-state index is 0.142. The van der Waals surface area contributed by atoms with Gasteiger partial charge in [-0.15, -0.1) is 0 Å². The molecule has 0 aliphatic rings. The van der Waals surface area contributed by atoms with Gasteiger partial charge in [-0.3, -0.25) is 0 Å². The van der Waals surface area contributed by atoms with Gasteiger partial charge in [0, 0.05) is 0 Å². The Morgan fingerprint density at radius 3 is 1.05 bits per heavy atom. The number of hydrogen-bond acceptors (Lipinski definition) is 0. The van der Waals surface area contributed by atoms with Crippen LogP contribution in [-0.4, -0.2) is 14.5 Å². The Kier molecular flexibility index (Phi) is 7.72. The van der Waals surface area contributed by atoms with Gasteiger partial charge in [0.1, 0.15) is 0 Å². The Morgan fingerprint density at radius 1 is 0.230 bits per heavy atom. The standard InChI is InChI=1S/C60H36Se/c1-3-16-39-34-41(30-28-37(39)14-1)56-44-18-5-7-20-46(44)58(47-21-8-6-19-45(47)56)43-32-33-55-54(36-43)52-26-13-27-53(60(52)61-55)59-50-24-11-9-22-48(50)57(49-23-10-12-25-51(49)59)42-31-29-38-15-2-4-17-40(38)35-42/h1-36H. The minimum Gasteiger partial charge on any atom is -0.0544 e. The average Bonchev–Trinajstić information content (AvgIpc) is 3.70. The molecule has 0 nitrogen and oxygen atoms in total. The van der Waals surface area contributed by atoms with Crippen LogP contribution in [0.5, 0.6) is 0 Å². The third-order valence-corrected chi connectivity index (χ3v) is 15.6. The molecule has 61 heavy (non-hydrogen) atoms. The van der Waals surface area contributed by atoms with Crippen molar-refractivity contribution in [2.45, 2.75) is 0 Å². The van der Waals surface area contributed by atoms with Crippen LogP contribution in [0, 0.1) is 0 Å². The van der Waals surface area contributed by atoms with Crippen LogP contribution < -0.4 is 0 Å². The van der Waals surface area contributed by atoms with Gasteiger partial charge in [-0.2, -0.15) is 0 Å². The van der Waals surface area contributed by atoms with E-state index in [2.05, 4.69) is 218 Å². The number of fused-ring (bicyclic) bond motifs is 9. The summed E-state index contributed by atoms with van der Waals surface area (Å²) in [6.07, 6.45) is 0. The molecule has 0 atom stereocenters. The molecule has 0 bridgehead atoms. The van der Waals surface area contributed by atoms with Crippen LogP contribution in [-0.2, 0) is 0 Å². The number of hydrogen-bond donors (Lipinski definition) is 0. The Balaban J connectivity index is 1.04. The number of rotatable bonds is 4. The van der Waals surface area contributed by atoms with Crippen LogP contribution in [0.3, 0.4) is 0 Å². The number of benzene rings is 12. The van der Waals surface area contributed by atoms with Crippen molar-refractivity contribution in [1.29, 1.82) is 0 Å². The molecule has 13 aromatic rings. The molecule has 0 aliphatic carbocycles. The van der Waals surface area contributed by atoms with Crippen LogP contribution >= 0.6 is 0 Å². The third kappa shape index (κ3) is 5.32. The van der Waals surface area contributed by atoms with Crippen LogP contribution in [0.1, 0.15) is 0 Å². The molecule has 0 fully saturated rings. The molecule has 13 rings (SSSR count).